The molecule has 5 heteroatoms. The van der Waals surface area contributed by atoms with Crippen LogP contribution in [0.15, 0.2) is 24.3 Å². The first-order valence-electron chi connectivity index (χ1n) is 6.52. The molecule has 106 valence electrons. The Morgan fingerprint density at radius 3 is 2.85 bits per heavy atom. The molecule has 0 saturated carbocycles. The lowest BCUT2D eigenvalue weighted by atomic mass is 10.1. The molecule has 1 aromatic rings. The predicted molar refractivity (Wildman–Crippen MR) is 72.8 cm³/mol. The van der Waals surface area contributed by atoms with E-state index in [1.807, 2.05) is 23.1 Å². The maximum atomic E-state index is 11.8. The van der Waals surface area contributed by atoms with Crippen LogP contribution in [0.3, 0.4) is 0 Å². The van der Waals surface area contributed by atoms with E-state index >= 15 is 0 Å². The van der Waals surface area contributed by atoms with Crippen LogP contribution in [0.2, 0.25) is 0 Å². The van der Waals surface area contributed by atoms with Crippen molar-refractivity contribution in [2.45, 2.75) is 25.1 Å². The van der Waals surface area contributed by atoms with Gasteiger partial charge in [-0.3, -0.25) is 9.69 Å². The number of methoxy groups -OCH3 is 2. The minimum atomic E-state index is -0.309. The smallest absolute Gasteiger partial charge is 0.323 e. The predicted octanol–water partition coefficient (Wildman–Crippen LogP) is 1.32. The average Bonchev–Trinajstić information content (AvgIpc) is 2.90. The number of nitriles is 1. The van der Waals surface area contributed by atoms with Crippen molar-refractivity contribution < 1.29 is 14.3 Å². The van der Waals surface area contributed by atoms with Crippen molar-refractivity contribution in [3.8, 4) is 6.07 Å². The maximum Gasteiger partial charge on any atom is 0.323 e. The molecule has 0 radical (unpaired) electrons. The molecule has 5 nitrogen and oxygen atoms in total. The summed E-state index contributed by atoms with van der Waals surface area (Å²) in [4.78, 5) is 13.9. The lowest BCUT2D eigenvalue weighted by Gasteiger charge is -2.22. The van der Waals surface area contributed by atoms with Crippen molar-refractivity contribution in [1.29, 1.82) is 5.26 Å². The molecule has 1 fully saturated rings. The molecule has 2 rings (SSSR count). The highest BCUT2D eigenvalue weighted by Crippen LogP contribution is 2.24. The number of hydrogen-bond donors (Lipinski definition) is 0. The van der Waals surface area contributed by atoms with Crippen LogP contribution in [0.1, 0.15) is 17.5 Å². The number of ether oxygens (including phenoxy) is 2. The third kappa shape index (κ3) is 2.98. The van der Waals surface area contributed by atoms with Crippen LogP contribution in [-0.2, 0) is 20.8 Å². The van der Waals surface area contributed by atoms with Crippen LogP contribution in [0.4, 0.5) is 0 Å². The van der Waals surface area contributed by atoms with Crippen LogP contribution in [0.5, 0.6) is 0 Å². The second-order valence-electron chi connectivity index (χ2n) is 4.83. The summed E-state index contributed by atoms with van der Waals surface area (Å²) < 4.78 is 10.2. The van der Waals surface area contributed by atoms with Gasteiger partial charge < -0.3 is 9.47 Å². The topological polar surface area (TPSA) is 62.6 Å². The number of esters is 1. The van der Waals surface area contributed by atoms with Crippen LogP contribution in [0, 0.1) is 11.3 Å². The molecule has 1 saturated heterocycles. The van der Waals surface area contributed by atoms with Gasteiger partial charge in [0.15, 0.2) is 0 Å². The number of hydrogen-bond acceptors (Lipinski definition) is 5. The zero-order valence-corrected chi connectivity index (χ0v) is 11.7. The highest BCUT2D eigenvalue weighted by atomic mass is 16.5. The lowest BCUT2D eigenvalue weighted by molar-refractivity contribution is -0.146. The van der Waals surface area contributed by atoms with Gasteiger partial charge in [-0.15, -0.1) is 0 Å². The van der Waals surface area contributed by atoms with E-state index in [0.717, 1.165) is 5.56 Å². The minimum Gasteiger partial charge on any atom is -0.468 e. The molecule has 0 aliphatic carbocycles. The van der Waals surface area contributed by atoms with E-state index in [4.69, 9.17) is 14.7 Å². The molecule has 0 spiro atoms. The standard InChI is InChI=1S/C15H18N2O3/c1-19-13-7-14(15(18)20-2)17(10-13)9-12-6-4-3-5-11(12)8-16/h3-6,13-14H,7,9-10H2,1-2H3. The van der Waals surface area contributed by atoms with Gasteiger partial charge in [-0.2, -0.15) is 5.26 Å². The molecule has 0 aromatic heterocycles. The van der Waals surface area contributed by atoms with Crippen molar-refractivity contribution in [3.05, 3.63) is 35.4 Å². The second-order valence-corrected chi connectivity index (χ2v) is 4.83. The summed E-state index contributed by atoms with van der Waals surface area (Å²) in [6.07, 6.45) is 0.645. The first-order valence-corrected chi connectivity index (χ1v) is 6.52. The van der Waals surface area contributed by atoms with Crippen LogP contribution >= 0.6 is 0 Å². The molecule has 1 heterocycles. The Labute approximate surface area is 118 Å². The van der Waals surface area contributed by atoms with Crippen LogP contribution in [-0.4, -0.2) is 43.8 Å². The zero-order chi connectivity index (χ0) is 14.5. The summed E-state index contributed by atoms with van der Waals surface area (Å²) in [6.45, 7) is 1.21. The summed E-state index contributed by atoms with van der Waals surface area (Å²) in [7, 11) is 3.04. The van der Waals surface area contributed by atoms with Crippen molar-refractivity contribution in [2.24, 2.45) is 0 Å². The molecule has 1 aliphatic rings. The second kappa shape index (κ2) is 6.51. The van der Waals surface area contributed by atoms with Gasteiger partial charge in [0.05, 0.1) is 24.8 Å². The van der Waals surface area contributed by atoms with E-state index in [2.05, 4.69) is 6.07 Å². The average molecular weight is 274 g/mol. The highest BCUT2D eigenvalue weighted by Gasteiger charge is 2.37. The van der Waals surface area contributed by atoms with E-state index in [0.29, 0.717) is 25.1 Å². The highest BCUT2D eigenvalue weighted by molar-refractivity contribution is 5.76. The Morgan fingerprint density at radius 2 is 2.20 bits per heavy atom. The molecule has 20 heavy (non-hydrogen) atoms. The van der Waals surface area contributed by atoms with E-state index in [1.54, 1.807) is 13.2 Å². The Bertz CT molecular complexity index is 524. The Morgan fingerprint density at radius 1 is 1.45 bits per heavy atom. The van der Waals surface area contributed by atoms with E-state index in [1.165, 1.54) is 7.11 Å². The number of benzene rings is 1. The van der Waals surface area contributed by atoms with Gasteiger partial charge in [0, 0.05) is 26.6 Å². The van der Waals surface area contributed by atoms with E-state index in [9.17, 15) is 4.79 Å². The third-order valence-corrected chi connectivity index (χ3v) is 3.68. The lowest BCUT2D eigenvalue weighted by Crippen LogP contribution is -2.36. The molecule has 0 amide bonds. The van der Waals surface area contributed by atoms with Gasteiger partial charge in [0.1, 0.15) is 6.04 Å². The molecular formula is C15H18N2O3. The largest absolute Gasteiger partial charge is 0.468 e. The summed E-state index contributed by atoms with van der Waals surface area (Å²) >= 11 is 0. The summed E-state index contributed by atoms with van der Waals surface area (Å²) in [6, 6.07) is 9.30. The molecule has 2 unspecified atom stereocenters. The Hall–Kier alpha value is -1.90. The zero-order valence-electron chi connectivity index (χ0n) is 11.7. The number of rotatable bonds is 4. The molecule has 0 bridgehead atoms. The van der Waals surface area contributed by atoms with E-state index in [-0.39, 0.29) is 18.1 Å². The first-order chi connectivity index (χ1) is 9.69. The number of carbonyl (C=O) groups is 1. The van der Waals surface area contributed by atoms with Crippen LogP contribution in [0.25, 0.3) is 0 Å². The molecular weight excluding hydrogens is 256 g/mol. The van der Waals surface area contributed by atoms with Crippen molar-refractivity contribution in [2.75, 3.05) is 20.8 Å². The van der Waals surface area contributed by atoms with Crippen molar-refractivity contribution in [1.82, 2.24) is 4.90 Å². The van der Waals surface area contributed by atoms with E-state index < -0.39 is 0 Å². The summed E-state index contributed by atoms with van der Waals surface area (Å²) in [5.41, 5.74) is 1.55. The fourth-order valence-corrected chi connectivity index (χ4v) is 2.57. The normalized spacial score (nSPS) is 22.4. The number of nitrogens with zero attached hydrogens (tertiary/aromatic N) is 2. The third-order valence-electron chi connectivity index (χ3n) is 3.68. The summed E-state index contributed by atoms with van der Waals surface area (Å²) in [5, 5.41) is 9.13. The maximum absolute atomic E-state index is 11.8. The molecule has 0 N–H and O–H groups in total. The summed E-state index contributed by atoms with van der Waals surface area (Å²) in [5.74, 6) is -0.251. The monoisotopic (exact) mass is 274 g/mol. The quantitative estimate of drug-likeness (QED) is 0.775. The van der Waals surface area contributed by atoms with Crippen molar-refractivity contribution >= 4 is 5.97 Å². The Balaban J connectivity index is 2.17. The molecule has 1 aliphatic heterocycles. The molecule has 1 aromatic carbocycles. The Kier molecular flexibility index (Phi) is 4.72. The van der Waals surface area contributed by atoms with Gasteiger partial charge in [-0.1, -0.05) is 18.2 Å². The fraction of sp³-hybridized carbons (Fsp3) is 0.467. The fourth-order valence-electron chi connectivity index (χ4n) is 2.57. The van der Waals surface area contributed by atoms with Gasteiger partial charge >= 0.3 is 5.97 Å². The van der Waals surface area contributed by atoms with Gasteiger partial charge in [-0.05, 0) is 11.6 Å². The van der Waals surface area contributed by atoms with Crippen molar-refractivity contribution in [3.63, 3.8) is 0 Å². The van der Waals surface area contributed by atoms with Crippen LogP contribution < -0.4 is 0 Å². The molecule has 2 atom stereocenters. The van der Waals surface area contributed by atoms with Gasteiger partial charge in [0.25, 0.3) is 0 Å². The number of likely N-dealkylation sites (tertiary alicyclic amines) is 1. The SMILES string of the molecule is COC(=O)C1CC(OC)CN1Cc1ccccc1C#N. The first kappa shape index (κ1) is 14.5. The minimum absolute atomic E-state index is 0.0216. The van der Waals surface area contributed by atoms with Gasteiger partial charge in [0.2, 0.25) is 0 Å². The number of carbonyl (C=O) groups excluding carboxylic acids is 1. The van der Waals surface area contributed by atoms with Gasteiger partial charge in [-0.25, -0.2) is 0 Å².